The molecule has 0 spiro atoms. The lowest BCUT2D eigenvalue weighted by atomic mass is 10.2. The van der Waals surface area contributed by atoms with Gasteiger partial charge < -0.3 is 10.7 Å². The van der Waals surface area contributed by atoms with Gasteiger partial charge in [0.2, 0.25) is 0 Å². The van der Waals surface area contributed by atoms with Crippen LogP contribution in [0.3, 0.4) is 0 Å². The Kier molecular flexibility index (Phi) is 1.93. The highest BCUT2D eigenvalue weighted by molar-refractivity contribution is 5.73. The average Bonchev–Trinajstić information content (AvgIpc) is 2.70. The molecule has 0 atom stereocenters. The van der Waals surface area contributed by atoms with Crippen molar-refractivity contribution in [1.82, 2.24) is 15.2 Å². The Balaban J connectivity index is 2.51. The van der Waals surface area contributed by atoms with E-state index in [4.69, 9.17) is 0 Å². The van der Waals surface area contributed by atoms with E-state index in [9.17, 15) is 5.21 Å². The first-order valence-corrected chi connectivity index (χ1v) is 3.75. The standard InChI is InChI=1S/C8H7N4O/c13-12-7-4-2-1-3-6(7)8-9-5-10-11-8/h1-5,12H,(H,9,10,11)/q-1. The second kappa shape index (κ2) is 3.24. The molecule has 0 radical (unpaired) electrons. The molecule has 1 heterocycles. The maximum atomic E-state index is 10.5. The van der Waals surface area contributed by atoms with Crippen molar-refractivity contribution < 1.29 is 0 Å². The lowest BCUT2D eigenvalue weighted by molar-refractivity contribution is 1.10. The van der Waals surface area contributed by atoms with Gasteiger partial charge in [-0.25, -0.2) is 4.98 Å². The summed E-state index contributed by atoms with van der Waals surface area (Å²) in [5, 5.41) is 16.9. The van der Waals surface area contributed by atoms with E-state index in [2.05, 4.69) is 15.2 Å². The summed E-state index contributed by atoms with van der Waals surface area (Å²) in [5.74, 6) is 0.582. The molecule has 0 unspecified atom stereocenters. The van der Waals surface area contributed by atoms with Crippen LogP contribution in [0.25, 0.3) is 11.4 Å². The van der Waals surface area contributed by atoms with E-state index < -0.39 is 0 Å². The molecule has 5 nitrogen and oxygen atoms in total. The van der Waals surface area contributed by atoms with Gasteiger partial charge in [0.05, 0.1) is 0 Å². The average molecular weight is 175 g/mol. The van der Waals surface area contributed by atoms with Crippen molar-refractivity contribution in [3.63, 3.8) is 0 Å². The first-order valence-electron chi connectivity index (χ1n) is 3.75. The van der Waals surface area contributed by atoms with E-state index in [1.165, 1.54) is 6.33 Å². The highest BCUT2D eigenvalue weighted by atomic mass is 16.5. The van der Waals surface area contributed by atoms with Gasteiger partial charge >= 0.3 is 0 Å². The van der Waals surface area contributed by atoms with Crippen molar-refractivity contribution in [3.8, 4) is 11.4 Å². The van der Waals surface area contributed by atoms with Crippen LogP contribution >= 0.6 is 0 Å². The van der Waals surface area contributed by atoms with Gasteiger partial charge in [-0.2, -0.15) is 5.10 Å². The third-order valence-electron chi connectivity index (χ3n) is 1.71. The fourth-order valence-electron chi connectivity index (χ4n) is 1.11. The van der Waals surface area contributed by atoms with Gasteiger partial charge in [0, 0.05) is 11.3 Å². The molecule has 2 N–H and O–H groups in total. The second-order valence-corrected chi connectivity index (χ2v) is 2.48. The second-order valence-electron chi connectivity index (χ2n) is 2.48. The molecule has 1 aromatic carbocycles. The fraction of sp³-hybridized carbons (Fsp3) is 0. The summed E-state index contributed by atoms with van der Waals surface area (Å²) in [7, 11) is 0. The summed E-state index contributed by atoms with van der Waals surface area (Å²) < 4.78 is 0. The van der Waals surface area contributed by atoms with Crippen LogP contribution in [0.4, 0.5) is 5.69 Å². The molecule has 5 heteroatoms. The van der Waals surface area contributed by atoms with Crippen LogP contribution in [-0.2, 0) is 0 Å². The first-order chi connectivity index (χ1) is 6.42. The molecular weight excluding hydrogens is 168 g/mol. The van der Waals surface area contributed by atoms with Crippen LogP contribution in [0.1, 0.15) is 0 Å². The minimum Gasteiger partial charge on any atom is -0.761 e. The number of H-pyrrole nitrogens is 1. The molecule has 0 aliphatic rings. The van der Waals surface area contributed by atoms with Gasteiger partial charge in [-0.3, -0.25) is 5.10 Å². The zero-order valence-corrected chi connectivity index (χ0v) is 6.69. The van der Waals surface area contributed by atoms with Gasteiger partial charge in [-0.1, -0.05) is 12.1 Å². The van der Waals surface area contributed by atoms with Crippen LogP contribution in [0, 0.1) is 5.21 Å². The Morgan fingerprint density at radius 3 is 2.85 bits per heavy atom. The summed E-state index contributed by atoms with van der Waals surface area (Å²) >= 11 is 0. The highest BCUT2D eigenvalue weighted by Crippen LogP contribution is 2.23. The molecule has 2 rings (SSSR count). The van der Waals surface area contributed by atoms with Crippen LogP contribution in [0.2, 0.25) is 0 Å². The number of nitrogens with zero attached hydrogens (tertiary/aromatic N) is 2. The lowest BCUT2D eigenvalue weighted by Gasteiger charge is -2.12. The smallest absolute Gasteiger partial charge is 0.157 e. The van der Waals surface area contributed by atoms with Gasteiger partial charge in [-0.15, -0.1) is 0 Å². The third-order valence-corrected chi connectivity index (χ3v) is 1.71. The zero-order chi connectivity index (χ0) is 9.10. The Morgan fingerprint density at radius 1 is 1.31 bits per heavy atom. The molecule has 66 valence electrons. The van der Waals surface area contributed by atoms with E-state index in [0.717, 1.165) is 5.56 Å². The van der Waals surface area contributed by atoms with Crippen molar-refractivity contribution in [2.75, 3.05) is 5.48 Å². The maximum absolute atomic E-state index is 10.5. The summed E-state index contributed by atoms with van der Waals surface area (Å²) in [6, 6.07) is 7.09. The van der Waals surface area contributed by atoms with E-state index in [1.54, 1.807) is 18.2 Å². The quantitative estimate of drug-likeness (QED) is 0.676. The molecule has 13 heavy (non-hydrogen) atoms. The van der Waals surface area contributed by atoms with E-state index in [1.807, 2.05) is 11.5 Å². The topological polar surface area (TPSA) is 76.7 Å². The highest BCUT2D eigenvalue weighted by Gasteiger charge is 2.03. The Labute approximate surface area is 74.4 Å². The predicted molar refractivity (Wildman–Crippen MR) is 48.8 cm³/mol. The van der Waals surface area contributed by atoms with Crippen LogP contribution < -0.4 is 5.48 Å². The van der Waals surface area contributed by atoms with Crippen molar-refractivity contribution >= 4 is 5.69 Å². The number of hydrogen-bond acceptors (Lipinski definition) is 4. The first kappa shape index (κ1) is 7.75. The molecule has 0 aliphatic heterocycles. The number of hydrogen-bond donors (Lipinski definition) is 2. The van der Waals surface area contributed by atoms with Gasteiger partial charge in [-0.05, 0) is 12.1 Å². The molecule has 1 aromatic heterocycles. The molecule has 0 saturated carbocycles. The normalized spacial score (nSPS) is 9.92. The Hall–Kier alpha value is -1.88. The van der Waals surface area contributed by atoms with Crippen LogP contribution in [0.5, 0.6) is 0 Å². The van der Waals surface area contributed by atoms with E-state index in [-0.39, 0.29) is 0 Å². The van der Waals surface area contributed by atoms with Crippen LogP contribution in [-0.4, -0.2) is 15.2 Å². The summed E-state index contributed by atoms with van der Waals surface area (Å²) in [6.07, 6.45) is 1.40. The molecule has 0 amide bonds. The number of benzene rings is 1. The van der Waals surface area contributed by atoms with Gasteiger partial charge in [0.25, 0.3) is 0 Å². The van der Waals surface area contributed by atoms with E-state index in [0.29, 0.717) is 11.5 Å². The van der Waals surface area contributed by atoms with Gasteiger partial charge in [0.1, 0.15) is 6.33 Å². The lowest BCUT2D eigenvalue weighted by Crippen LogP contribution is -1.90. The van der Waals surface area contributed by atoms with Gasteiger partial charge in [0.15, 0.2) is 5.82 Å². The monoisotopic (exact) mass is 175 g/mol. The number of rotatable bonds is 2. The Bertz CT molecular complexity index is 385. The van der Waals surface area contributed by atoms with Crippen molar-refractivity contribution in [3.05, 3.63) is 35.8 Å². The SMILES string of the molecule is [O-]Nc1ccccc1-c1ncn[nH]1. The molecule has 2 aromatic rings. The van der Waals surface area contributed by atoms with E-state index >= 15 is 0 Å². The largest absolute Gasteiger partial charge is 0.761 e. The van der Waals surface area contributed by atoms with Crippen molar-refractivity contribution in [2.24, 2.45) is 0 Å². The number of anilines is 1. The number of para-hydroxylation sites is 1. The van der Waals surface area contributed by atoms with Crippen molar-refractivity contribution in [1.29, 1.82) is 0 Å². The minimum absolute atomic E-state index is 0.485. The fourth-order valence-corrected chi connectivity index (χ4v) is 1.11. The number of nitrogens with one attached hydrogen (secondary N) is 2. The number of aromatic nitrogens is 3. The maximum Gasteiger partial charge on any atom is 0.157 e. The third kappa shape index (κ3) is 1.36. The summed E-state index contributed by atoms with van der Waals surface area (Å²) in [5.41, 5.74) is 3.05. The molecular formula is C8H7N4O-. The Morgan fingerprint density at radius 2 is 2.15 bits per heavy atom. The molecule has 0 saturated heterocycles. The minimum atomic E-state index is 0.485. The van der Waals surface area contributed by atoms with Crippen molar-refractivity contribution in [2.45, 2.75) is 0 Å². The summed E-state index contributed by atoms with van der Waals surface area (Å²) in [6.45, 7) is 0. The summed E-state index contributed by atoms with van der Waals surface area (Å²) in [4.78, 5) is 3.95. The number of aromatic amines is 1. The predicted octanol–water partition coefficient (Wildman–Crippen LogP) is 1.38. The molecule has 0 fully saturated rings. The molecule has 0 aliphatic carbocycles. The molecule has 0 bridgehead atoms. The van der Waals surface area contributed by atoms with Crippen LogP contribution in [0.15, 0.2) is 30.6 Å². The zero-order valence-electron chi connectivity index (χ0n) is 6.69.